The van der Waals surface area contributed by atoms with Crippen LogP contribution in [0.15, 0.2) is 18.2 Å². The van der Waals surface area contributed by atoms with Crippen molar-refractivity contribution in [2.75, 3.05) is 13.1 Å². The van der Waals surface area contributed by atoms with E-state index >= 15 is 0 Å². The highest BCUT2D eigenvalue weighted by Crippen LogP contribution is 2.11. The van der Waals surface area contributed by atoms with E-state index in [4.69, 9.17) is 10.2 Å². The summed E-state index contributed by atoms with van der Waals surface area (Å²) in [7, 11) is 0. The lowest BCUT2D eigenvalue weighted by atomic mass is 10.1. The normalized spacial score (nSPS) is 10.0. The van der Waals surface area contributed by atoms with Crippen LogP contribution < -0.4 is 0 Å². The fourth-order valence-electron chi connectivity index (χ4n) is 1.43. The predicted molar refractivity (Wildman–Crippen MR) is 62.3 cm³/mol. The molecule has 0 fully saturated rings. The number of aryl methyl sites for hydroxylation is 1. The van der Waals surface area contributed by atoms with Crippen LogP contribution in [0.4, 0.5) is 4.39 Å². The monoisotopic (exact) mass is 269 g/mol. The lowest BCUT2D eigenvalue weighted by Crippen LogP contribution is -2.39. The van der Waals surface area contributed by atoms with Crippen LogP contribution in [0.3, 0.4) is 0 Å². The SMILES string of the molecule is Cc1ccc(C(=O)N(CC(=O)O)CC(=O)O)cc1F. The maximum atomic E-state index is 13.3. The molecule has 102 valence electrons. The van der Waals surface area contributed by atoms with E-state index in [1.807, 2.05) is 0 Å². The quantitative estimate of drug-likeness (QED) is 0.822. The minimum Gasteiger partial charge on any atom is -0.480 e. The number of hydrogen-bond acceptors (Lipinski definition) is 3. The van der Waals surface area contributed by atoms with Crippen LogP contribution in [0.25, 0.3) is 0 Å². The first-order valence-electron chi connectivity index (χ1n) is 5.30. The van der Waals surface area contributed by atoms with Gasteiger partial charge >= 0.3 is 11.9 Å². The van der Waals surface area contributed by atoms with E-state index in [0.29, 0.717) is 10.5 Å². The first-order valence-corrected chi connectivity index (χ1v) is 5.30. The Labute approximate surface area is 108 Å². The molecular weight excluding hydrogens is 257 g/mol. The van der Waals surface area contributed by atoms with Gasteiger partial charge in [0.15, 0.2) is 0 Å². The van der Waals surface area contributed by atoms with Gasteiger partial charge in [0.2, 0.25) is 0 Å². The Morgan fingerprint density at radius 3 is 2.11 bits per heavy atom. The molecule has 0 aliphatic carbocycles. The Kier molecular flexibility index (Phi) is 4.57. The van der Waals surface area contributed by atoms with E-state index in [9.17, 15) is 18.8 Å². The van der Waals surface area contributed by atoms with Crippen LogP contribution in [0.5, 0.6) is 0 Å². The van der Waals surface area contributed by atoms with Crippen molar-refractivity contribution in [3.63, 3.8) is 0 Å². The zero-order valence-electron chi connectivity index (χ0n) is 10.1. The second-order valence-corrected chi connectivity index (χ2v) is 3.91. The van der Waals surface area contributed by atoms with Gasteiger partial charge in [0, 0.05) is 5.56 Å². The highest BCUT2D eigenvalue weighted by Gasteiger charge is 2.21. The summed E-state index contributed by atoms with van der Waals surface area (Å²) in [5, 5.41) is 17.3. The summed E-state index contributed by atoms with van der Waals surface area (Å²) in [5.41, 5.74) is 0.241. The number of carbonyl (C=O) groups is 3. The van der Waals surface area contributed by atoms with Gasteiger partial charge < -0.3 is 15.1 Å². The number of carboxylic acids is 2. The van der Waals surface area contributed by atoms with E-state index < -0.39 is 36.8 Å². The zero-order valence-corrected chi connectivity index (χ0v) is 10.1. The molecule has 0 unspecified atom stereocenters. The van der Waals surface area contributed by atoms with E-state index in [2.05, 4.69) is 0 Å². The van der Waals surface area contributed by atoms with Crippen molar-refractivity contribution in [1.82, 2.24) is 4.90 Å². The molecule has 1 amide bonds. The number of benzene rings is 1. The number of hydrogen-bond donors (Lipinski definition) is 2. The van der Waals surface area contributed by atoms with E-state index in [0.717, 1.165) is 6.07 Å². The molecule has 0 aliphatic heterocycles. The van der Waals surface area contributed by atoms with Crippen LogP contribution in [0.1, 0.15) is 15.9 Å². The number of nitrogens with zero attached hydrogens (tertiary/aromatic N) is 1. The number of aliphatic carboxylic acids is 2. The maximum absolute atomic E-state index is 13.3. The van der Waals surface area contributed by atoms with Crippen molar-refractivity contribution in [2.24, 2.45) is 0 Å². The number of carboxylic acid groups (broad SMARTS) is 2. The fourth-order valence-corrected chi connectivity index (χ4v) is 1.43. The number of halogens is 1. The molecule has 7 heteroatoms. The number of amides is 1. The summed E-state index contributed by atoms with van der Waals surface area (Å²) < 4.78 is 13.3. The maximum Gasteiger partial charge on any atom is 0.323 e. The molecule has 0 spiro atoms. The number of carbonyl (C=O) groups excluding carboxylic acids is 1. The van der Waals surface area contributed by atoms with Crippen molar-refractivity contribution in [2.45, 2.75) is 6.92 Å². The van der Waals surface area contributed by atoms with Gasteiger partial charge in [0.05, 0.1) is 0 Å². The van der Waals surface area contributed by atoms with Gasteiger partial charge in [-0.25, -0.2) is 4.39 Å². The van der Waals surface area contributed by atoms with Crippen LogP contribution in [-0.4, -0.2) is 46.0 Å². The fraction of sp³-hybridized carbons (Fsp3) is 0.250. The van der Waals surface area contributed by atoms with Gasteiger partial charge in [-0.05, 0) is 24.6 Å². The third kappa shape index (κ3) is 4.06. The van der Waals surface area contributed by atoms with Crippen LogP contribution in [-0.2, 0) is 9.59 Å². The molecule has 6 nitrogen and oxygen atoms in total. The van der Waals surface area contributed by atoms with E-state index in [1.54, 1.807) is 0 Å². The van der Waals surface area contributed by atoms with Crippen molar-refractivity contribution in [1.29, 1.82) is 0 Å². The van der Waals surface area contributed by atoms with Gasteiger partial charge in [-0.2, -0.15) is 0 Å². The molecule has 0 aliphatic rings. The van der Waals surface area contributed by atoms with Crippen LogP contribution >= 0.6 is 0 Å². The lowest BCUT2D eigenvalue weighted by Gasteiger charge is -2.18. The topological polar surface area (TPSA) is 94.9 Å². The van der Waals surface area contributed by atoms with Gasteiger partial charge in [0.25, 0.3) is 5.91 Å². The van der Waals surface area contributed by atoms with E-state index in [1.165, 1.54) is 19.1 Å². The van der Waals surface area contributed by atoms with Crippen LogP contribution in [0.2, 0.25) is 0 Å². The first-order chi connectivity index (χ1) is 8.81. The van der Waals surface area contributed by atoms with Gasteiger partial charge in [-0.15, -0.1) is 0 Å². The highest BCUT2D eigenvalue weighted by atomic mass is 19.1. The molecule has 19 heavy (non-hydrogen) atoms. The summed E-state index contributed by atoms with van der Waals surface area (Å²) in [4.78, 5) is 33.7. The summed E-state index contributed by atoms with van der Waals surface area (Å²) in [6, 6.07) is 3.63. The molecule has 1 aromatic carbocycles. The Hall–Kier alpha value is -2.44. The molecule has 1 aromatic rings. The molecule has 0 saturated carbocycles. The molecule has 1 rings (SSSR count). The average Bonchev–Trinajstić information content (AvgIpc) is 2.29. The summed E-state index contributed by atoms with van der Waals surface area (Å²) in [6.45, 7) is -0.0168. The van der Waals surface area contributed by atoms with Crippen LogP contribution in [0, 0.1) is 12.7 Å². The van der Waals surface area contributed by atoms with Crippen molar-refractivity contribution < 1.29 is 29.0 Å². The summed E-state index contributed by atoms with van der Waals surface area (Å²) in [5.74, 6) is -4.15. The Morgan fingerprint density at radius 1 is 1.16 bits per heavy atom. The largest absolute Gasteiger partial charge is 0.480 e. The molecule has 0 saturated heterocycles. The molecule has 0 radical (unpaired) electrons. The molecule has 0 atom stereocenters. The average molecular weight is 269 g/mol. The number of rotatable bonds is 5. The van der Waals surface area contributed by atoms with Gasteiger partial charge in [-0.1, -0.05) is 6.07 Å². The zero-order chi connectivity index (χ0) is 14.6. The molecule has 0 bridgehead atoms. The summed E-state index contributed by atoms with van der Waals surface area (Å²) >= 11 is 0. The van der Waals surface area contributed by atoms with Gasteiger partial charge in [0.1, 0.15) is 18.9 Å². The third-order valence-electron chi connectivity index (χ3n) is 2.36. The lowest BCUT2D eigenvalue weighted by molar-refractivity contribution is -0.140. The van der Waals surface area contributed by atoms with E-state index in [-0.39, 0.29) is 5.56 Å². The smallest absolute Gasteiger partial charge is 0.323 e. The molecular formula is C12H12FNO5. The van der Waals surface area contributed by atoms with Gasteiger partial charge in [-0.3, -0.25) is 14.4 Å². The molecule has 2 N–H and O–H groups in total. The van der Waals surface area contributed by atoms with Crippen molar-refractivity contribution in [3.05, 3.63) is 35.1 Å². The Morgan fingerprint density at radius 2 is 1.68 bits per heavy atom. The minimum absolute atomic E-state index is 0.0920. The summed E-state index contributed by atoms with van der Waals surface area (Å²) in [6.07, 6.45) is 0. The minimum atomic E-state index is -1.35. The highest BCUT2D eigenvalue weighted by molar-refractivity contribution is 5.97. The second kappa shape index (κ2) is 5.94. The Balaban J connectivity index is 3.00. The standard InChI is InChI=1S/C12H12FNO5/c1-7-2-3-8(4-9(7)13)12(19)14(5-10(15)16)6-11(17)18/h2-4H,5-6H2,1H3,(H,15,16)(H,17,18). The third-order valence-corrected chi connectivity index (χ3v) is 2.36. The molecule has 0 heterocycles. The van der Waals surface area contributed by atoms with Crippen molar-refractivity contribution in [3.8, 4) is 0 Å². The predicted octanol–water partition coefficient (Wildman–Crippen LogP) is 0.746. The second-order valence-electron chi connectivity index (χ2n) is 3.91. The van der Waals surface area contributed by atoms with Crippen molar-refractivity contribution >= 4 is 17.8 Å². The first kappa shape index (κ1) is 14.6. The molecule has 0 aromatic heterocycles. The Bertz CT molecular complexity index is 513.